The molecule has 0 saturated carbocycles. The molecule has 0 aliphatic carbocycles. The molecule has 0 radical (unpaired) electrons. The standard InChI is InChI=1S/C19H20BrNO3/c1-23-17-11-15(19(22)13-5-7-14(20)8-6-13)16(12-18(17)24-2)21-9-3-4-10-21/h5-8,11-12H,3-4,9-10H2,1-2H3. The van der Waals surface area contributed by atoms with Crippen LogP contribution in [-0.2, 0) is 0 Å². The molecule has 0 amide bonds. The van der Waals surface area contributed by atoms with Crippen LogP contribution in [0.15, 0.2) is 40.9 Å². The number of ketones is 1. The highest BCUT2D eigenvalue weighted by atomic mass is 79.9. The van der Waals surface area contributed by atoms with E-state index in [2.05, 4.69) is 20.8 Å². The molecule has 1 fully saturated rings. The Morgan fingerprint density at radius 2 is 1.58 bits per heavy atom. The molecule has 24 heavy (non-hydrogen) atoms. The van der Waals surface area contributed by atoms with Crippen molar-refractivity contribution < 1.29 is 14.3 Å². The van der Waals surface area contributed by atoms with E-state index in [1.54, 1.807) is 20.3 Å². The van der Waals surface area contributed by atoms with E-state index < -0.39 is 0 Å². The summed E-state index contributed by atoms with van der Waals surface area (Å²) >= 11 is 3.40. The van der Waals surface area contributed by atoms with Crippen molar-refractivity contribution in [2.75, 3.05) is 32.2 Å². The van der Waals surface area contributed by atoms with Crippen LogP contribution in [0.1, 0.15) is 28.8 Å². The van der Waals surface area contributed by atoms with Gasteiger partial charge in [-0.2, -0.15) is 0 Å². The highest BCUT2D eigenvalue weighted by Crippen LogP contribution is 2.37. The van der Waals surface area contributed by atoms with Crippen molar-refractivity contribution in [3.8, 4) is 11.5 Å². The lowest BCUT2D eigenvalue weighted by atomic mass is 10.00. The van der Waals surface area contributed by atoms with Crippen molar-refractivity contribution in [2.45, 2.75) is 12.8 Å². The van der Waals surface area contributed by atoms with E-state index in [-0.39, 0.29) is 5.78 Å². The van der Waals surface area contributed by atoms with Crippen LogP contribution >= 0.6 is 15.9 Å². The third kappa shape index (κ3) is 3.26. The summed E-state index contributed by atoms with van der Waals surface area (Å²) in [6, 6.07) is 11.1. The Balaban J connectivity index is 2.09. The first-order valence-electron chi connectivity index (χ1n) is 7.95. The highest BCUT2D eigenvalue weighted by Gasteiger charge is 2.23. The van der Waals surface area contributed by atoms with Gasteiger partial charge in [-0.15, -0.1) is 0 Å². The summed E-state index contributed by atoms with van der Waals surface area (Å²) in [6.45, 7) is 1.91. The van der Waals surface area contributed by atoms with Crippen molar-refractivity contribution >= 4 is 27.4 Å². The normalized spacial score (nSPS) is 13.9. The highest BCUT2D eigenvalue weighted by molar-refractivity contribution is 9.10. The van der Waals surface area contributed by atoms with Gasteiger partial charge < -0.3 is 14.4 Å². The zero-order valence-electron chi connectivity index (χ0n) is 13.8. The Morgan fingerprint density at radius 3 is 2.17 bits per heavy atom. The Bertz CT molecular complexity index is 737. The Labute approximate surface area is 150 Å². The molecule has 2 aromatic carbocycles. The van der Waals surface area contributed by atoms with Crippen molar-refractivity contribution in [3.63, 3.8) is 0 Å². The van der Waals surface area contributed by atoms with Gasteiger partial charge in [-0.3, -0.25) is 4.79 Å². The van der Waals surface area contributed by atoms with Gasteiger partial charge in [0.25, 0.3) is 0 Å². The predicted molar refractivity (Wildman–Crippen MR) is 98.6 cm³/mol. The summed E-state index contributed by atoms with van der Waals surface area (Å²) < 4.78 is 11.8. The van der Waals surface area contributed by atoms with E-state index >= 15 is 0 Å². The van der Waals surface area contributed by atoms with E-state index in [0.29, 0.717) is 22.6 Å². The molecule has 1 heterocycles. The number of benzene rings is 2. The van der Waals surface area contributed by atoms with Crippen molar-refractivity contribution in [1.82, 2.24) is 0 Å². The number of anilines is 1. The molecule has 4 nitrogen and oxygen atoms in total. The molecule has 3 rings (SSSR count). The van der Waals surface area contributed by atoms with Gasteiger partial charge in [-0.1, -0.05) is 15.9 Å². The van der Waals surface area contributed by atoms with E-state index in [1.807, 2.05) is 30.3 Å². The lowest BCUT2D eigenvalue weighted by Gasteiger charge is -2.23. The van der Waals surface area contributed by atoms with Crippen LogP contribution in [0.4, 0.5) is 5.69 Å². The van der Waals surface area contributed by atoms with Gasteiger partial charge in [0.1, 0.15) is 0 Å². The fourth-order valence-corrected chi connectivity index (χ4v) is 3.29. The third-order valence-corrected chi connectivity index (χ3v) is 4.83. The van der Waals surface area contributed by atoms with Crippen LogP contribution < -0.4 is 14.4 Å². The summed E-state index contributed by atoms with van der Waals surface area (Å²) in [5.74, 6) is 1.21. The summed E-state index contributed by atoms with van der Waals surface area (Å²) in [4.78, 5) is 15.3. The van der Waals surface area contributed by atoms with E-state index in [1.165, 1.54) is 0 Å². The zero-order chi connectivity index (χ0) is 17.1. The maximum absolute atomic E-state index is 13.1. The molecule has 1 aliphatic rings. The Hall–Kier alpha value is -2.01. The monoisotopic (exact) mass is 389 g/mol. The van der Waals surface area contributed by atoms with Gasteiger partial charge in [0.05, 0.1) is 19.9 Å². The fourth-order valence-electron chi connectivity index (χ4n) is 3.03. The summed E-state index contributed by atoms with van der Waals surface area (Å²) in [5.41, 5.74) is 2.22. The molecule has 0 bridgehead atoms. The Morgan fingerprint density at radius 1 is 1.00 bits per heavy atom. The maximum atomic E-state index is 13.1. The number of rotatable bonds is 5. The average Bonchev–Trinajstić information content (AvgIpc) is 3.15. The van der Waals surface area contributed by atoms with Gasteiger partial charge in [-0.25, -0.2) is 0 Å². The number of hydrogen-bond donors (Lipinski definition) is 0. The minimum atomic E-state index is -0.00893. The third-order valence-electron chi connectivity index (χ3n) is 4.30. The molecule has 1 aliphatic heterocycles. The lowest BCUT2D eigenvalue weighted by Crippen LogP contribution is -2.21. The summed E-state index contributed by atoms with van der Waals surface area (Å²) in [7, 11) is 3.20. The minimum Gasteiger partial charge on any atom is -0.493 e. The molecule has 0 aromatic heterocycles. The van der Waals surface area contributed by atoms with Crippen LogP contribution in [0.25, 0.3) is 0 Å². The second kappa shape index (κ2) is 7.26. The summed E-state index contributed by atoms with van der Waals surface area (Å²) in [5, 5.41) is 0. The zero-order valence-corrected chi connectivity index (χ0v) is 15.4. The molecule has 0 unspecified atom stereocenters. The van der Waals surface area contributed by atoms with Crippen LogP contribution in [0.2, 0.25) is 0 Å². The molecule has 2 aromatic rings. The van der Waals surface area contributed by atoms with Crippen molar-refractivity contribution in [3.05, 3.63) is 52.0 Å². The molecule has 126 valence electrons. The first-order valence-corrected chi connectivity index (χ1v) is 8.74. The van der Waals surface area contributed by atoms with Crippen molar-refractivity contribution in [1.29, 1.82) is 0 Å². The van der Waals surface area contributed by atoms with Gasteiger partial charge in [0.2, 0.25) is 0 Å². The van der Waals surface area contributed by atoms with Gasteiger partial charge >= 0.3 is 0 Å². The van der Waals surface area contributed by atoms with E-state index in [9.17, 15) is 4.79 Å². The fraction of sp³-hybridized carbons (Fsp3) is 0.316. The molecular weight excluding hydrogens is 370 g/mol. The predicted octanol–water partition coefficient (Wildman–Crippen LogP) is 4.30. The number of carbonyl (C=O) groups is 1. The second-order valence-electron chi connectivity index (χ2n) is 5.75. The summed E-state index contributed by atoms with van der Waals surface area (Å²) in [6.07, 6.45) is 2.28. The van der Waals surface area contributed by atoms with E-state index in [4.69, 9.17) is 9.47 Å². The topological polar surface area (TPSA) is 38.8 Å². The first kappa shape index (κ1) is 16.8. The number of nitrogens with zero attached hydrogens (tertiary/aromatic N) is 1. The quantitative estimate of drug-likeness (QED) is 0.714. The van der Waals surface area contributed by atoms with Gasteiger partial charge in [-0.05, 0) is 43.2 Å². The minimum absolute atomic E-state index is 0.00893. The smallest absolute Gasteiger partial charge is 0.195 e. The second-order valence-corrected chi connectivity index (χ2v) is 6.67. The maximum Gasteiger partial charge on any atom is 0.195 e. The number of halogens is 1. The van der Waals surface area contributed by atoms with Gasteiger partial charge in [0, 0.05) is 34.8 Å². The Kier molecular flexibility index (Phi) is 5.09. The number of ether oxygens (including phenoxy) is 2. The average molecular weight is 390 g/mol. The molecular formula is C19H20BrNO3. The molecule has 5 heteroatoms. The first-order chi connectivity index (χ1) is 11.6. The number of carbonyl (C=O) groups excluding carboxylic acids is 1. The van der Waals surface area contributed by atoms with E-state index in [0.717, 1.165) is 36.1 Å². The van der Waals surface area contributed by atoms with Crippen LogP contribution in [0.3, 0.4) is 0 Å². The molecule has 1 saturated heterocycles. The number of methoxy groups -OCH3 is 2. The van der Waals surface area contributed by atoms with Crippen LogP contribution in [0, 0.1) is 0 Å². The van der Waals surface area contributed by atoms with Gasteiger partial charge in [0.15, 0.2) is 17.3 Å². The SMILES string of the molecule is COc1cc(C(=O)c2ccc(Br)cc2)c(N2CCCC2)cc1OC. The van der Waals surface area contributed by atoms with Crippen molar-refractivity contribution in [2.24, 2.45) is 0 Å². The van der Waals surface area contributed by atoms with Crippen LogP contribution in [0.5, 0.6) is 11.5 Å². The molecule has 0 spiro atoms. The number of hydrogen-bond acceptors (Lipinski definition) is 4. The van der Waals surface area contributed by atoms with Crippen LogP contribution in [-0.4, -0.2) is 33.1 Å². The molecule has 0 atom stereocenters. The lowest BCUT2D eigenvalue weighted by molar-refractivity contribution is 0.103. The largest absolute Gasteiger partial charge is 0.493 e. The molecule has 0 N–H and O–H groups in total.